The lowest BCUT2D eigenvalue weighted by molar-refractivity contribution is -0.116. The minimum Gasteiger partial charge on any atom is -0.495 e. The molecule has 0 aliphatic carbocycles. The van der Waals surface area contributed by atoms with Crippen molar-refractivity contribution in [3.05, 3.63) is 88.4 Å². The van der Waals surface area contributed by atoms with Crippen molar-refractivity contribution < 1.29 is 17.9 Å². The van der Waals surface area contributed by atoms with Crippen molar-refractivity contribution in [1.29, 1.82) is 0 Å². The summed E-state index contributed by atoms with van der Waals surface area (Å²) in [5.41, 5.74) is 2.13. The summed E-state index contributed by atoms with van der Waals surface area (Å²) in [7, 11) is -2.60. The zero-order chi connectivity index (χ0) is 22.4. The van der Waals surface area contributed by atoms with Crippen LogP contribution in [0.3, 0.4) is 0 Å². The lowest BCUT2D eigenvalue weighted by atomic mass is 10.2. The van der Waals surface area contributed by atoms with Crippen LogP contribution in [0, 0.1) is 6.92 Å². The van der Waals surface area contributed by atoms with Gasteiger partial charge in [-0.25, -0.2) is 8.42 Å². The van der Waals surface area contributed by atoms with Crippen LogP contribution in [0.2, 0.25) is 0 Å². The molecule has 0 saturated carbocycles. The Bertz CT molecular complexity index is 1150. The molecule has 3 aromatic carbocycles. The number of hydrogen-bond donors (Lipinski definition) is 1. The predicted octanol–water partition coefficient (Wildman–Crippen LogP) is 4.60. The van der Waals surface area contributed by atoms with Gasteiger partial charge in [0.15, 0.2) is 0 Å². The molecule has 8 heteroatoms. The molecule has 1 amide bonds. The van der Waals surface area contributed by atoms with Gasteiger partial charge >= 0.3 is 0 Å². The molecule has 31 heavy (non-hydrogen) atoms. The van der Waals surface area contributed by atoms with E-state index in [2.05, 4.69) is 21.2 Å². The number of carbonyl (C=O) groups is 1. The molecule has 0 atom stereocenters. The van der Waals surface area contributed by atoms with E-state index in [9.17, 15) is 13.2 Å². The molecule has 3 rings (SSSR count). The summed E-state index contributed by atoms with van der Waals surface area (Å²) in [5, 5.41) is 2.75. The quantitative estimate of drug-likeness (QED) is 0.488. The highest BCUT2D eigenvalue weighted by atomic mass is 79.9. The van der Waals surface area contributed by atoms with E-state index < -0.39 is 15.9 Å². The Labute approximate surface area is 191 Å². The fraction of sp³-hybridized carbons (Fsp3) is 0.174. The number of anilines is 1. The molecular formula is C23H23BrN2O4S. The van der Waals surface area contributed by atoms with Crippen LogP contribution in [-0.4, -0.2) is 32.3 Å². The largest absolute Gasteiger partial charge is 0.495 e. The number of sulfonamides is 1. The Balaban J connectivity index is 1.93. The molecule has 6 nitrogen and oxygen atoms in total. The van der Waals surface area contributed by atoms with Gasteiger partial charge in [0.1, 0.15) is 10.6 Å². The molecule has 0 bridgehead atoms. The van der Waals surface area contributed by atoms with Crippen LogP contribution in [0.15, 0.2) is 82.2 Å². The first-order chi connectivity index (χ1) is 14.8. The van der Waals surface area contributed by atoms with Gasteiger partial charge in [0.05, 0.1) is 13.7 Å². The summed E-state index contributed by atoms with van der Waals surface area (Å²) in [6.45, 7) is 1.51. The zero-order valence-electron chi connectivity index (χ0n) is 17.2. The summed E-state index contributed by atoms with van der Waals surface area (Å²) in [6, 6.07) is 21.2. The Morgan fingerprint density at radius 3 is 2.35 bits per heavy atom. The maximum atomic E-state index is 13.6. The van der Waals surface area contributed by atoms with E-state index in [-0.39, 0.29) is 23.7 Å². The Hall–Kier alpha value is -2.68. The smallest absolute Gasteiger partial charge is 0.247 e. The molecule has 3 aromatic rings. The van der Waals surface area contributed by atoms with Crippen molar-refractivity contribution in [2.45, 2.75) is 18.4 Å². The first-order valence-electron chi connectivity index (χ1n) is 9.54. The SMILES string of the molecule is COc1ccc(C)cc1S(=O)(=O)N(CC(=O)Nc1ccc(Br)cc1)Cc1ccccc1. The van der Waals surface area contributed by atoms with Gasteiger partial charge in [-0.2, -0.15) is 4.31 Å². The number of nitrogens with zero attached hydrogens (tertiary/aromatic N) is 1. The van der Waals surface area contributed by atoms with Crippen molar-refractivity contribution >= 4 is 37.5 Å². The molecule has 0 aromatic heterocycles. The summed E-state index contributed by atoms with van der Waals surface area (Å²) >= 11 is 3.35. The van der Waals surface area contributed by atoms with Crippen LogP contribution in [0.1, 0.15) is 11.1 Å². The van der Waals surface area contributed by atoms with E-state index >= 15 is 0 Å². The second-order valence-corrected chi connectivity index (χ2v) is 9.79. The normalized spacial score (nSPS) is 11.4. The van der Waals surface area contributed by atoms with Gasteiger partial charge < -0.3 is 10.1 Å². The van der Waals surface area contributed by atoms with Crippen LogP contribution in [0.25, 0.3) is 0 Å². The standard InChI is InChI=1S/C23H23BrN2O4S/c1-17-8-13-21(30-2)22(14-17)31(28,29)26(15-18-6-4-3-5-7-18)16-23(27)25-20-11-9-19(24)10-12-20/h3-14H,15-16H2,1-2H3,(H,25,27). The van der Waals surface area contributed by atoms with Crippen molar-refractivity contribution in [3.8, 4) is 5.75 Å². The van der Waals surface area contributed by atoms with Crippen LogP contribution in [0.5, 0.6) is 5.75 Å². The molecule has 0 heterocycles. The van der Waals surface area contributed by atoms with Crippen LogP contribution in [-0.2, 0) is 21.4 Å². The molecule has 0 spiro atoms. The number of halogens is 1. The number of rotatable bonds is 8. The molecule has 0 fully saturated rings. The Kier molecular flexibility index (Phi) is 7.48. The molecule has 0 unspecified atom stereocenters. The highest BCUT2D eigenvalue weighted by Gasteiger charge is 2.30. The maximum Gasteiger partial charge on any atom is 0.247 e. The minimum absolute atomic E-state index is 0.0300. The van der Waals surface area contributed by atoms with Crippen molar-refractivity contribution in [3.63, 3.8) is 0 Å². The van der Waals surface area contributed by atoms with Gasteiger partial charge in [-0.1, -0.05) is 52.3 Å². The number of nitrogens with one attached hydrogen (secondary N) is 1. The van der Waals surface area contributed by atoms with Gasteiger partial charge in [0.2, 0.25) is 15.9 Å². The van der Waals surface area contributed by atoms with Crippen LogP contribution < -0.4 is 10.1 Å². The number of ether oxygens (including phenoxy) is 1. The summed E-state index contributed by atoms with van der Waals surface area (Å²) < 4.78 is 34.5. The number of carbonyl (C=O) groups excluding carboxylic acids is 1. The topological polar surface area (TPSA) is 75.7 Å². The second kappa shape index (κ2) is 10.1. The van der Waals surface area contributed by atoms with Crippen molar-refractivity contribution in [1.82, 2.24) is 4.31 Å². The highest BCUT2D eigenvalue weighted by molar-refractivity contribution is 9.10. The number of amides is 1. The first-order valence-corrected chi connectivity index (χ1v) is 11.8. The van der Waals surface area contributed by atoms with Gasteiger partial charge in [-0.15, -0.1) is 0 Å². The average molecular weight is 503 g/mol. The van der Waals surface area contributed by atoms with E-state index in [1.165, 1.54) is 7.11 Å². The van der Waals surface area contributed by atoms with E-state index in [1.54, 1.807) is 49.4 Å². The van der Waals surface area contributed by atoms with Gasteiger partial charge in [-0.05, 0) is 54.4 Å². The van der Waals surface area contributed by atoms with E-state index in [4.69, 9.17) is 4.74 Å². The number of methoxy groups -OCH3 is 1. The Morgan fingerprint density at radius 1 is 1.03 bits per heavy atom. The lowest BCUT2D eigenvalue weighted by Gasteiger charge is -2.23. The molecule has 0 saturated heterocycles. The van der Waals surface area contributed by atoms with Crippen molar-refractivity contribution in [2.75, 3.05) is 19.0 Å². The molecular weight excluding hydrogens is 480 g/mol. The average Bonchev–Trinajstić information content (AvgIpc) is 2.75. The fourth-order valence-electron chi connectivity index (χ4n) is 3.03. The summed E-state index contributed by atoms with van der Waals surface area (Å²) in [5.74, 6) is -0.203. The van der Waals surface area contributed by atoms with E-state index in [1.807, 2.05) is 30.3 Å². The molecule has 0 radical (unpaired) electrons. The van der Waals surface area contributed by atoms with E-state index in [0.29, 0.717) is 5.69 Å². The fourth-order valence-corrected chi connectivity index (χ4v) is 4.92. The van der Waals surface area contributed by atoms with Crippen LogP contribution >= 0.6 is 15.9 Å². The third kappa shape index (κ3) is 5.94. The highest BCUT2D eigenvalue weighted by Crippen LogP contribution is 2.29. The lowest BCUT2D eigenvalue weighted by Crippen LogP contribution is -2.37. The van der Waals surface area contributed by atoms with Gasteiger partial charge in [-0.3, -0.25) is 4.79 Å². The third-order valence-corrected chi connectivity index (χ3v) is 6.93. The summed E-state index contributed by atoms with van der Waals surface area (Å²) in [6.07, 6.45) is 0. The molecule has 162 valence electrons. The number of hydrogen-bond acceptors (Lipinski definition) is 4. The molecule has 0 aliphatic rings. The van der Waals surface area contributed by atoms with Crippen molar-refractivity contribution in [2.24, 2.45) is 0 Å². The van der Waals surface area contributed by atoms with Gasteiger partial charge in [0, 0.05) is 16.7 Å². The Morgan fingerprint density at radius 2 is 1.71 bits per heavy atom. The summed E-state index contributed by atoms with van der Waals surface area (Å²) in [4.78, 5) is 12.8. The number of benzene rings is 3. The van der Waals surface area contributed by atoms with Crippen LogP contribution in [0.4, 0.5) is 5.69 Å². The number of aryl methyl sites for hydroxylation is 1. The first kappa shape index (κ1) is 23.0. The monoisotopic (exact) mass is 502 g/mol. The second-order valence-electron chi connectivity index (χ2n) is 6.97. The maximum absolute atomic E-state index is 13.6. The molecule has 1 N–H and O–H groups in total. The van der Waals surface area contributed by atoms with Gasteiger partial charge in [0.25, 0.3) is 0 Å². The third-order valence-electron chi connectivity index (χ3n) is 4.59. The van der Waals surface area contributed by atoms with E-state index in [0.717, 1.165) is 19.9 Å². The molecule has 0 aliphatic heterocycles. The minimum atomic E-state index is -4.02. The predicted molar refractivity (Wildman–Crippen MR) is 125 cm³/mol. The zero-order valence-corrected chi connectivity index (χ0v) is 19.6.